The smallest absolute Gasteiger partial charge is 0.245 e. The molecular weight excluding hydrogens is 300 g/mol. The van der Waals surface area contributed by atoms with Crippen molar-refractivity contribution in [1.82, 2.24) is 14.8 Å². The maximum atomic E-state index is 12.2. The number of rotatable bonds is 9. The Labute approximate surface area is 136 Å². The topological polar surface area (TPSA) is 65.5 Å². The van der Waals surface area contributed by atoms with Crippen LogP contribution < -0.4 is 5.32 Å². The molecule has 0 saturated heterocycles. The van der Waals surface area contributed by atoms with Gasteiger partial charge < -0.3 is 15.1 Å². The quantitative estimate of drug-likeness (QED) is 0.753. The summed E-state index contributed by atoms with van der Waals surface area (Å²) < 4.78 is 0. The minimum absolute atomic E-state index is 0.0363. The molecule has 0 radical (unpaired) electrons. The first-order valence-electron chi connectivity index (χ1n) is 7.56. The van der Waals surface area contributed by atoms with E-state index in [1.165, 1.54) is 11.3 Å². The van der Waals surface area contributed by atoms with Gasteiger partial charge >= 0.3 is 0 Å². The highest BCUT2D eigenvalue weighted by molar-refractivity contribution is 7.13. The van der Waals surface area contributed by atoms with E-state index in [0.717, 1.165) is 25.1 Å². The van der Waals surface area contributed by atoms with Crippen molar-refractivity contribution in [1.29, 1.82) is 0 Å². The first-order chi connectivity index (χ1) is 10.4. The number of nitrogens with zero attached hydrogens (tertiary/aromatic N) is 3. The second-order valence-corrected chi connectivity index (χ2v) is 6.42. The summed E-state index contributed by atoms with van der Waals surface area (Å²) in [7, 11) is 3.90. The van der Waals surface area contributed by atoms with E-state index in [9.17, 15) is 9.59 Å². The summed E-state index contributed by atoms with van der Waals surface area (Å²) in [5.41, 5.74) is 0.879. The molecule has 1 aromatic rings. The van der Waals surface area contributed by atoms with Crippen LogP contribution in [0.5, 0.6) is 0 Å². The van der Waals surface area contributed by atoms with Gasteiger partial charge in [0.2, 0.25) is 11.8 Å². The number of hydrogen-bond donors (Lipinski definition) is 1. The van der Waals surface area contributed by atoms with Crippen LogP contribution in [0.1, 0.15) is 31.9 Å². The van der Waals surface area contributed by atoms with Crippen molar-refractivity contribution < 1.29 is 9.59 Å². The van der Waals surface area contributed by atoms with Gasteiger partial charge in [-0.15, -0.1) is 11.3 Å². The van der Waals surface area contributed by atoms with Crippen molar-refractivity contribution in [3.05, 3.63) is 11.1 Å². The van der Waals surface area contributed by atoms with Gasteiger partial charge in [0.15, 0.2) is 5.13 Å². The third-order valence-corrected chi connectivity index (χ3v) is 3.99. The molecule has 0 fully saturated rings. The number of likely N-dealkylation sites (N-methyl/N-ethyl adjacent to an activating group) is 1. The number of unbranched alkanes of at least 4 members (excludes halogenated alkanes) is 1. The van der Waals surface area contributed by atoms with Gasteiger partial charge in [-0.05, 0) is 27.4 Å². The second-order valence-electron chi connectivity index (χ2n) is 5.56. The van der Waals surface area contributed by atoms with Crippen molar-refractivity contribution in [2.24, 2.45) is 0 Å². The Morgan fingerprint density at radius 2 is 2.05 bits per heavy atom. The molecule has 7 heteroatoms. The van der Waals surface area contributed by atoms with Crippen molar-refractivity contribution in [3.8, 4) is 0 Å². The monoisotopic (exact) mass is 326 g/mol. The molecule has 0 aromatic carbocycles. The van der Waals surface area contributed by atoms with Crippen LogP contribution in [0, 0.1) is 6.92 Å². The molecule has 22 heavy (non-hydrogen) atoms. The summed E-state index contributed by atoms with van der Waals surface area (Å²) in [6, 6.07) is 0. The van der Waals surface area contributed by atoms with E-state index < -0.39 is 0 Å². The Bertz CT molecular complexity index is 488. The van der Waals surface area contributed by atoms with Gasteiger partial charge in [0.25, 0.3) is 0 Å². The number of hydrogen-bond acceptors (Lipinski definition) is 5. The van der Waals surface area contributed by atoms with E-state index in [-0.39, 0.29) is 18.4 Å². The normalized spacial score (nSPS) is 10.8. The first kappa shape index (κ1) is 18.6. The fraction of sp³-hybridized carbons (Fsp3) is 0.667. The molecule has 0 unspecified atom stereocenters. The summed E-state index contributed by atoms with van der Waals surface area (Å²) in [5, 5.41) is 5.21. The molecule has 0 spiro atoms. The van der Waals surface area contributed by atoms with Gasteiger partial charge in [-0.25, -0.2) is 4.98 Å². The van der Waals surface area contributed by atoms with E-state index in [4.69, 9.17) is 0 Å². The Balaban J connectivity index is 2.57. The standard InChI is InChI=1S/C15H26N4O2S/c1-5-6-7-14(21)19(9-8-18(3)4)10-13(20)17-15-16-12(2)11-22-15/h11H,5-10H2,1-4H3,(H,16,17,20). The third kappa shape index (κ3) is 7.00. The molecule has 1 aromatic heterocycles. The van der Waals surface area contributed by atoms with Crippen LogP contribution in [0.2, 0.25) is 0 Å². The summed E-state index contributed by atoms with van der Waals surface area (Å²) in [6.45, 7) is 5.30. The zero-order chi connectivity index (χ0) is 16.5. The van der Waals surface area contributed by atoms with Crippen molar-refractivity contribution in [2.45, 2.75) is 33.1 Å². The summed E-state index contributed by atoms with van der Waals surface area (Å²) in [4.78, 5) is 32.2. The molecule has 1 heterocycles. The number of nitrogens with one attached hydrogen (secondary N) is 1. The number of carbonyl (C=O) groups is 2. The molecule has 1 rings (SSSR count). The predicted molar refractivity (Wildman–Crippen MR) is 90.1 cm³/mol. The van der Waals surface area contributed by atoms with Crippen LogP contribution in [0.15, 0.2) is 5.38 Å². The fourth-order valence-corrected chi connectivity index (χ4v) is 2.55. The van der Waals surface area contributed by atoms with Gasteiger partial charge in [0.05, 0.1) is 12.2 Å². The van der Waals surface area contributed by atoms with Crippen molar-refractivity contribution in [2.75, 3.05) is 39.0 Å². The SMILES string of the molecule is CCCCC(=O)N(CCN(C)C)CC(=O)Nc1nc(C)cs1. The number of amides is 2. The number of aromatic nitrogens is 1. The predicted octanol–water partition coefficient (Wildman–Crippen LogP) is 1.97. The average molecular weight is 326 g/mol. The molecule has 0 bridgehead atoms. The average Bonchev–Trinajstić information content (AvgIpc) is 2.85. The zero-order valence-electron chi connectivity index (χ0n) is 13.9. The lowest BCUT2D eigenvalue weighted by Gasteiger charge is -2.23. The van der Waals surface area contributed by atoms with Gasteiger partial charge in [-0.2, -0.15) is 0 Å². The Kier molecular flexibility index (Phi) is 8.05. The van der Waals surface area contributed by atoms with E-state index in [1.807, 2.05) is 31.3 Å². The Morgan fingerprint density at radius 1 is 1.32 bits per heavy atom. The highest BCUT2D eigenvalue weighted by Crippen LogP contribution is 2.14. The first-order valence-corrected chi connectivity index (χ1v) is 8.44. The molecule has 1 N–H and O–H groups in total. The fourth-order valence-electron chi connectivity index (χ4n) is 1.84. The van der Waals surface area contributed by atoms with Gasteiger partial charge in [-0.1, -0.05) is 13.3 Å². The number of anilines is 1. The Hall–Kier alpha value is -1.47. The molecule has 0 aliphatic carbocycles. The molecule has 2 amide bonds. The molecule has 0 aliphatic rings. The van der Waals surface area contributed by atoms with Crippen LogP contribution in [-0.2, 0) is 9.59 Å². The van der Waals surface area contributed by atoms with E-state index in [2.05, 4.69) is 17.2 Å². The lowest BCUT2D eigenvalue weighted by Crippen LogP contribution is -2.41. The summed E-state index contributed by atoms with van der Waals surface area (Å²) in [5.74, 6) is -0.160. The minimum Gasteiger partial charge on any atom is -0.332 e. The van der Waals surface area contributed by atoms with Crippen LogP contribution in [0.25, 0.3) is 0 Å². The van der Waals surface area contributed by atoms with E-state index in [1.54, 1.807) is 4.90 Å². The van der Waals surface area contributed by atoms with Crippen LogP contribution >= 0.6 is 11.3 Å². The lowest BCUT2D eigenvalue weighted by atomic mass is 10.2. The van der Waals surface area contributed by atoms with Gasteiger partial charge in [0, 0.05) is 24.9 Å². The van der Waals surface area contributed by atoms with E-state index in [0.29, 0.717) is 18.1 Å². The molecule has 0 aliphatic heterocycles. The molecule has 0 saturated carbocycles. The minimum atomic E-state index is -0.196. The zero-order valence-corrected chi connectivity index (χ0v) is 14.7. The largest absolute Gasteiger partial charge is 0.332 e. The van der Waals surface area contributed by atoms with Gasteiger partial charge in [0.1, 0.15) is 0 Å². The number of aryl methyl sites for hydroxylation is 1. The maximum Gasteiger partial charge on any atom is 0.245 e. The van der Waals surface area contributed by atoms with Gasteiger partial charge in [-0.3, -0.25) is 9.59 Å². The van der Waals surface area contributed by atoms with E-state index >= 15 is 0 Å². The third-order valence-electron chi connectivity index (χ3n) is 3.11. The maximum absolute atomic E-state index is 12.2. The summed E-state index contributed by atoms with van der Waals surface area (Å²) in [6.07, 6.45) is 2.32. The highest BCUT2D eigenvalue weighted by atomic mass is 32.1. The molecule has 6 nitrogen and oxygen atoms in total. The van der Waals surface area contributed by atoms with Crippen LogP contribution in [0.3, 0.4) is 0 Å². The van der Waals surface area contributed by atoms with Crippen LogP contribution in [0.4, 0.5) is 5.13 Å². The summed E-state index contributed by atoms with van der Waals surface area (Å²) >= 11 is 1.39. The van der Waals surface area contributed by atoms with Crippen LogP contribution in [-0.4, -0.2) is 60.3 Å². The number of thiazole rings is 1. The molecule has 124 valence electrons. The molecule has 0 atom stereocenters. The van der Waals surface area contributed by atoms with Crippen molar-refractivity contribution >= 4 is 28.3 Å². The second kappa shape index (κ2) is 9.53. The Morgan fingerprint density at radius 3 is 2.59 bits per heavy atom. The molecular formula is C15H26N4O2S. The highest BCUT2D eigenvalue weighted by Gasteiger charge is 2.17. The number of carbonyl (C=O) groups excluding carboxylic acids is 2. The van der Waals surface area contributed by atoms with Crippen molar-refractivity contribution in [3.63, 3.8) is 0 Å². The lowest BCUT2D eigenvalue weighted by molar-refractivity contribution is -0.134.